The van der Waals surface area contributed by atoms with Crippen LogP contribution in [0.3, 0.4) is 0 Å². The zero-order valence-corrected chi connectivity index (χ0v) is 16.9. The number of nitrogens with one attached hydrogen (secondary N) is 1. The second-order valence-corrected chi connectivity index (χ2v) is 6.97. The first-order valence-corrected chi connectivity index (χ1v) is 9.54. The number of hydrogen-bond acceptors (Lipinski definition) is 6. The molecular weight excluding hydrogens is 427 g/mol. The molecule has 0 aliphatic carbocycles. The van der Waals surface area contributed by atoms with Gasteiger partial charge in [0.1, 0.15) is 18.1 Å². The van der Waals surface area contributed by atoms with Crippen molar-refractivity contribution in [2.45, 2.75) is 6.54 Å². The predicted molar refractivity (Wildman–Crippen MR) is 113 cm³/mol. The molecule has 4 aromatic rings. The predicted octanol–water partition coefficient (Wildman–Crippen LogP) is 4.06. The van der Waals surface area contributed by atoms with Gasteiger partial charge in [0.05, 0.1) is 11.2 Å². The molecule has 30 heavy (non-hydrogen) atoms. The Kier molecular flexibility index (Phi) is 5.87. The van der Waals surface area contributed by atoms with E-state index in [4.69, 9.17) is 27.6 Å². The van der Waals surface area contributed by atoms with E-state index in [1.54, 1.807) is 42.5 Å². The van der Waals surface area contributed by atoms with E-state index in [9.17, 15) is 4.79 Å². The van der Waals surface area contributed by atoms with Gasteiger partial charge in [-0.15, -0.1) is 10.2 Å². The lowest BCUT2D eigenvalue weighted by Gasteiger charge is -1.98. The maximum atomic E-state index is 12.1. The summed E-state index contributed by atoms with van der Waals surface area (Å²) in [6.45, 7) is -0.152. The smallest absolute Gasteiger partial charge is 0.263 e. The number of hydrazone groups is 1. The molecule has 0 spiro atoms. The fourth-order valence-electron chi connectivity index (χ4n) is 2.61. The molecule has 0 bridgehead atoms. The molecule has 0 unspecified atom stereocenters. The molecule has 150 valence electrons. The zero-order valence-electron chi connectivity index (χ0n) is 15.4. The molecule has 0 atom stereocenters. The highest BCUT2D eigenvalue weighted by atomic mass is 35.5. The minimum atomic E-state index is -0.420. The zero-order chi connectivity index (χ0) is 20.9. The third-order valence-electron chi connectivity index (χ3n) is 3.97. The summed E-state index contributed by atoms with van der Waals surface area (Å²) in [5.41, 5.74) is 3.87. The largest absolute Gasteiger partial charge is 0.455 e. The van der Waals surface area contributed by atoms with Gasteiger partial charge in [0.25, 0.3) is 5.91 Å². The Bertz CT molecular complexity index is 1220. The molecule has 10 heteroatoms. The minimum absolute atomic E-state index is 0.152. The number of carbonyl (C=O) groups is 1. The van der Waals surface area contributed by atoms with Crippen LogP contribution in [0.4, 0.5) is 0 Å². The van der Waals surface area contributed by atoms with E-state index in [1.807, 2.05) is 18.2 Å². The van der Waals surface area contributed by atoms with Crippen LogP contribution in [0.2, 0.25) is 10.0 Å². The number of aromatic nitrogens is 4. The van der Waals surface area contributed by atoms with Gasteiger partial charge in [-0.25, -0.2) is 5.43 Å². The first-order valence-electron chi connectivity index (χ1n) is 8.79. The van der Waals surface area contributed by atoms with Gasteiger partial charge in [-0.05, 0) is 41.6 Å². The van der Waals surface area contributed by atoms with E-state index in [1.165, 1.54) is 6.21 Å². The summed E-state index contributed by atoms with van der Waals surface area (Å²) in [5, 5.41) is 16.9. The monoisotopic (exact) mass is 440 g/mol. The summed E-state index contributed by atoms with van der Waals surface area (Å²) in [5.74, 6) is 1.03. The van der Waals surface area contributed by atoms with E-state index in [2.05, 4.69) is 25.9 Å². The maximum Gasteiger partial charge on any atom is 0.263 e. The lowest BCUT2D eigenvalue weighted by Crippen LogP contribution is -2.24. The standard InChI is InChI=1S/C20H14Cl2N6O2/c21-14-5-3-4-13(10-14)18-9-8-15(30-18)11-23-24-19(29)12-28-26-20(25-27-28)16-6-1-2-7-17(16)22/h1-11H,12H2,(H,24,29)/b23-11-. The van der Waals surface area contributed by atoms with E-state index in [0.29, 0.717) is 33.0 Å². The number of rotatable bonds is 6. The summed E-state index contributed by atoms with van der Waals surface area (Å²) < 4.78 is 5.68. The average molecular weight is 441 g/mol. The van der Waals surface area contributed by atoms with E-state index >= 15 is 0 Å². The summed E-state index contributed by atoms with van der Waals surface area (Å²) >= 11 is 12.1. The van der Waals surface area contributed by atoms with Gasteiger partial charge in [-0.2, -0.15) is 9.90 Å². The molecule has 1 amide bonds. The SMILES string of the molecule is O=C(Cn1nnc(-c2ccccc2Cl)n1)N/N=C\c1ccc(-c2cccc(Cl)c2)o1. The fraction of sp³-hybridized carbons (Fsp3) is 0.0500. The summed E-state index contributed by atoms with van der Waals surface area (Å²) in [4.78, 5) is 13.2. The highest BCUT2D eigenvalue weighted by molar-refractivity contribution is 6.33. The van der Waals surface area contributed by atoms with Gasteiger partial charge >= 0.3 is 0 Å². The average Bonchev–Trinajstić information content (AvgIpc) is 3.38. The third-order valence-corrected chi connectivity index (χ3v) is 4.53. The number of furan rings is 1. The number of halogens is 2. The van der Waals surface area contributed by atoms with Crippen LogP contribution < -0.4 is 5.43 Å². The Hall–Kier alpha value is -3.49. The molecule has 2 heterocycles. The first-order chi connectivity index (χ1) is 14.6. The van der Waals surface area contributed by atoms with Crippen LogP contribution >= 0.6 is 23.2 Å². The van der Waals surface area contributed by atoms with Crippen molar-refractivity contribution < 1.29 is 9.21 Å². The van der Waals surface area contributed by atoms with Crippen LogP contribution in [0.5, 0.6) is 0 Å². The maximum absolute atomic E-state index is 12.1. The number of carbonyl (C=O) groups excluding carboxylic acids is 1. The lowest BCUT2D eigenvalue weighted by atomic mass is 10.2. The van der Waals surface area contributed by atoms with Crippen molar-refractivity contribution in [2.24, 2.45) is 5.10 Å². The van der Waals surface area contributed by atoms with Crippen LogP contribution in [0.25, 0.3) is 22.7 Å². The summed E-state index contributed by atoms with van der Waals surface area (Å²) in [6.07, 6.45) is 1.40. The second kappa shape index (κ2) is 8.89. The first kappa shape index (κ1) is 19.8. The fourth-order valence-corrected chi connectivity index (χ4v) is 3.02. The van der Waals surface area contributed by atoms with Crippen LogP contribution in [0.1, 0.15) is 5.76 Å². The van der Waals surface area contributed by atoms with Crippen LogP contribution in [0.15, 0.2) is 70.2 Å². The Balaban J connectivity index is 1.34. The number of nitrogens with zero attached hydrogens (tertiary/aromatic N) is 5. The molecule has 0 aliphatic rings. The van der Waals surface area contributed by atoms with Crippen molar-refractivity contribution in [3.63, 3.8) is 0 Å². The summed E-state index contributed by atoms with van der Waals surface area (Å²) in [7, 11) is 0. The van der Waals surface area contributed by atoms with Crippen LogP contribution in [0, 0.1) is 0 Å². The molecule has 0 saturated heterocycles. The topological polar surface area (TPSA) is 98.2 Å². The third kappa shape index (κ3) is 4.73. The van der Waals surface area contributed by atoms with Crippen molar-refractivity contribution in [1.29, 1.82) is 0 Å². The van der Waals surface area contributed by atoms with Crippen LogP contribution in [-0.4, -0.2) is 32.3 Å². The van der Waals surface area contributed by atoms with E-state index in [-0.39, 0.29) is 6.54 Å². The van der Waals surface area contributed by atoms with Crippen molar-refractivity contribution >= 4 is 35.3 Å². The molecule has 1 N–H and O–H groups in total. The second-order valence-electron chi connectivity index (χ2n) is 6.13. The molecule has 0 aliphatic heterocycles. The highest BCUT2D eigenvalue weighted by Gasteiger charge is 2.11. The quantitative estimate of drug-likeness (QED) is 0.360. The van der Waals surface area contributed by atoms with Crippen molar-refractivity contribution in [2.75, 3.05) is 0 Å². The highest BCUT2D eigenvalue weighted by Crippen LogP contribution is 2.24. The summed E-state index contributed by atoms with van der Waals surface area (Å²) in [6, 6.07) is 18.0. The lowest BCUT2D eigenvalue weighted by molar-refractivity contribution is -0.122. The molecule has 0 saturated carbocycles. The molecule has 0 fully saturated rings. The molecule has 8 nitrogen and oxygen atoms in total. The van der Waals surface area contributed by atoms with Gasteiger partial charge in [0.2, 0.25) is 5.82 Å². The Morgan fingerprint density at radius 1 is 1.13 bits per heavy atom. The molecule has 2 aromatic carbocycles. The molecule has 2 aromatic heterocycles. The van der Waals surface area contributed by atoms with Gasteiger partial charge in [0.15, 0.2) is 0 Å². The Morgan fingerprint density at radius 2 is 2.00 bits per heavy atom. The molecule has 4 rings (SSSR count). The number of tetrazole rings is 1. The number of hydrogen-bond donors (Lipinski definition) is 1. The normalized spacial score (nSPS) is 11.1. The Morgan fingerprint density at radius 3 is 2.83 bits per heavy atom. The molecular formula is C20H14Cl2N6O2. The van der Waals surface area contributed by atoms with Crippen LogP contribution in [-0.2, 0) is 11.3 Å². The minimum Gasteiger partial charge on any atom is -0.455 e. The number of amides is 1. The van der Waals surface area contributed by atoms with E-state index in [0.717, 1.165) is 10.4 Å². The van der Waals surface area contributed by atoms with Gasteiger partial charge < -0.3 is 4.42 Å². The van der Waals surface area contributed by atoms with Gasteiger partial charge in [-0.1, -0.05) is 47.5 Å². The van der Waals surface area contributed by atoms with Crippen molar-refractivity contribution in [3.8, 4) is 22.7 Å². The van der Waals surface area contributed by atoms with Gasteiger partial charge in [0, 0.05) is 16.1 Å². The van der Waals surface area contributed by atoms with E-state index < -0.39 is 5.91 Å². The number of benzene rings is 2. The molecule has 0 radical (unpaired) electrons. The van der Waals surface area contributed by atoms with Crippen molar-refractivity contribution in [3.05, 3.63) is 76.5 Å². The van der Waals surface area contributed by atoms with Gasteiger partial charge in [-0.3, -0.25) is 4.79 Å². The van der Waals surface area contributed by atoms with Crippen molar-refractivity contribution in [1.82, 2.24) is 25.6 Å². The Labute approximate surface area is 181 Å².